The lowest BCUT2D eigenvalue weighted by Gasteiger charge is -2.13. The molecule has 11 rings (SSSR count). The molecule has 0 atom stereocenters. The maximum atomic E-state index is 5.12. The molecule has 4 heterocycles. The van der Waals surface area contributed by atoms with E-state index in [1.807, 2.05) is 48.7 Å². The molecule has 0 aliphatic rings. The Morgan fingerprint density at radius 3 is 1.73 bits per heavy atom. The number of pyridine rings is 1. The summed E-state index contributed by atoms with van der Waals surface area (Å²) in [7, 11) is 0. The standard InChI is InChI=1S/C51H33N5/c1-4-15-34(16-5-1)45-33-46(35-17-6-2-7-18-35)54-50(53-45)37-19-12-22-39(31-37)56-48-29-28-36(32-44(48)43-26-14-30-52-51(43)56)40-24-13-25-42-41-23-10-11-27-47(41)55(49(40)42)38-20-8-3-9-21-38/h1-33H. The Morgan fingerprint density at radius 1 is 0.357 bits per heavy atom. The van der Waals surface area contributed by atoms with E-state index in [0.717, 1.165) is 67.0 Å². The molecule has 262 valence electrons. The molecule has 5 nitrogen and oxygen atoms in total. The van der Waals surface area contributed by atoms with Crippen LogP contribution in [-0.4, -0.2) is 24.1 Å². The first kappa shape index (κ1) is 31.9. The molecule has 0 saturated heterocycles. The molecule has 7 aromatic carbocycles. The second-order valence-electron chi connectivity index (χ2n) is 14.1. The van der Waals surface area contributed by atoms with Crippen molar-refractivity contribution in [1.29, 1.82) is 0 Å². The van der Waals surface area contributed by atoms with Crippen LogP contribution in [-0.2, 0) is 0 Å². The van der Waals surface area contributed by atoms with Gasteiger partial charge in [-0.05, 0) is 66.2 Å². The molecular weight excluding hydrogens is 683 g/mol. The lowest BCUT2D eigenvalue weighted by Crippen LogP contribution is -1.99. The number of benzene rings is 7. The maximum Gasteiger partial charge on any atom is 0.160 e. The van der Waals surface area contributed by atoms with E-state index in [4.69, 9.17) is 15.0 Å². The van der Waals surface area contributed by atoms with Gasteiger partial charge in [0.1, 0.15) is 5.65 Å². The van der Waals surface area contributed by atoms with Gasteiger partial charge in [0.05, 0.1) is 27.9 Å². The summed E-state index contributed by atoms with van der Waals surface area (Å²) in [4.78, 5) is 15.2. The van der Waals surface area contributed by atoms with E-state index in [1.54, 1.807) is 0 Å². The number of hydrogen-bond donors (Lipinski definition) is 0. The first-order chi connectivity index (χ1) is 27.8. The molecule has 11 aromatic rings. The van der Waals surface area contributed by atoms with Gasteiger partial charge < -0.3 is 4.57 Å². The summed E-state index contributed by atoms with van der Waals surface area (Å²) < 4.78 is 4.66. The first-order valence-electron chi connectivity index (χ1n) is 18.9. The van der Waals surface area contributed by atoms with Crippen molar-refractivity contribution in [2.45, 2.75) is 0 Å². The van der Waals surface area contributed by atoms with Crippen molar-refractivity contribution < 1.29 is 0 Å². The van der Waals surface area contributed by atoms with Crippen molar-refractivity contribution in [3.8, 4) is 56.4 Å². The molecule has 0 aliphatic heterocycles. The minimum absolute atomic E-state index is 0.671. The van der Waals surface area contributed by atoms with Crippen LogP contribution in [0.1, 0.15) is 0 Å². The van der Waals surface area contributed by atoms with Gasteiger partial charge in [-0.2, -0.15) is 0 Å². The lowest BCUT2D eigenvalue weighted by atomic mass is 10.00. The van der Waals surface area contributed by atoms with Crippen LogP contribution in [0.2, 0.25) is 0 Å². The summed E-state index contributed by atoms with van der Waals surface area (Å²) in [6, 6.07) is 68.2. The quantitative estimate of drug-likeness (QED) is 0.172. The smallest absolute Gasteiger partial charge is 0.160 e. The summed E-state index contributed by atoms with van der Waals surface area (Å²) in [5.41, 5.74) is 13.6. The van der Waals surface area contributed by atoms with Gasteiger partial charge in [0.15, 0.2) is 5.82 Å². The normalized spacial score (nSPS) is 11.6. The van der Waals surface area contributed by atoms with Gasteiger partial charge in [-0.25, -0.2) is 15.0 Å². The third-order valence-electron chi connectivity index (χ3n) is 10.8. The van der Waals surface area contributed by atoms with E-state index in [9.17, 15) is 0 Å². The van der Waals surface area contributed by atoms with Gasteiger partial charge in [-0.1, -0.05) is 133 Å². The van der Waals surface area contributed by atoms with Gasteiger partial charge in [0, 0.05) is 61.4 Å². The highest BCUT2D eigenvalue weighted by atomic mass is 15.0. The van der Waals surface area contributed by atoms with Crippen LogP contribution in [0.4, 0.5) is 0 Å². The summed E-state index contributed by atoms with van der Waals surface area (Å²) in [5.74, 6) is 0.671. The van der Waals surface area contributed by atoms with E-state index in [-0.39, 0.29) is 0 Å². The molecule has 5 heteroatoms. The molecule has 0 N–H and O–H groups in total. The second-order valence-corrected chi connectivity index (χ2v) is 14.1. The van der Waals surface area contributed by atoms with Crippen molar-refractivity contribution >= 4 is 43.7 Å². The topological polar surface area (TPSA) is 48.5 Å². The highest BCUT2D eigenvalue weighted by Crippen LogP contribution is 2.41. The number of aromatic nitrogens is 5. The minimum atomic E-state index is 0.671. The van der Waals surface area contributed by atoms with Crippen molar-refractivity contribution in [3.63, 3.8) is 0 Å². The van der Waals surface area contributed by atoms with Gasteiger partial charge in [-0.3, -0.25) is 4.57 Å². The fourth-order valence-electron chi connectivity index (χ4n) is 8.25. The molecule has 0 unspecified atom stereocenters. The average molecular weight is 716 g/mol. The van der Waals surface area contributed by atoms with Crippen LogP contribution < -0.4 is 0 Å². The SMILES string of the molecule is c1ccc(-c2cc(-c3ccccc3)nc(-c3cccc(-n4c5ccc(-c6cccc7c8ccccc8n(-c8ccccc8)c67)cc5c5cccnc54)c3)n2)cc1. The van der Waals surface area contributed by atoms with E-state index in [1.165, 1.54) is 27.4 Å². The van der Waals surface area contributed by atoms with Crippen molar-refractivity contribution in [1.82, 2.24) is 24.1 Å². The number of para-hydroxylation sites is 3. The molecule has 0 saturated carbocycles. The Morgan fingerprint density at radius 2 is 0.964 bits per heavy atom. The van der Waals surface area contributed by atoms with Crippen molar-refractivity contribution in [2.75, 3.05) is 0 Å². The minimum Gasteiger partial charge on any atom is -0.309 e. The Kier molecular flexibility index (Phi) is 7.42. The summed E-state index contributed by atoms with van der Waals surface area (Å²) in [6.07, 6.45) is 1.88. The lowest BCUT2D eigenvalue weighted by molar-refractivity contribution is 1.13. The Labute approximate surface area is 323 Å². The predicted molar refractivity (Wildman–Crippen MR) is 230 cm³/mol. The summed E-state index contributed by atoms with van der Waals surface area (Å²) >= 11 is 0. The van der Waals surface area contributed by atoms with E-state index >= 15 is 0 Å². The third-order valence-corrected chi connectivity index (χ3v) is 10.8. The summed E-state index contributed by atoms with van der Waals surface area (Å²) in [5, 5.41) is 4.71. The van der Waals surface area contributed by atoms with E-state index in [0.29, 0.717) is 5.82 Å². The van der Waals surface area contributed by atoms with E-state index < -0.39 is 0 Å². The number of fused-ring (bicyclic) bond motifs is 6. The largest absolute Gasteiger partial charge is 0.309 e. The average Bonchev–Trinajstić information content (AvgIpc) is 3.80. The first-order valence-corrected chi connectivity index (χ1v) is 18.9. The van der Waals surface area contributed by atoms with Crippen LogP contribution >= 0.6 is 0 Å². The molecule has 0 radical (unpaired) electrons. The van der Waals surface area contributed by atoms with Crippen molar-refractivity contribution in [2.24, 2.45) is 0 Å². The molecule has 4 aromatic heterocycles. The molecule has 0 aliphatic carbocycles. The van der Waals surface area contributed by atoms with Crippen LogP contribution in [0, 0.1) is 0 Å². The zero-order chi connectivity index (χ0) is 37.0. The van der Waals surface area contributed by atoms with Crippen LogP contribution in [0.3, 0.4) is 0 Å². The highest BCUT2D eigenvalue weighted by Gasteiger charge is 2.19. The molecule has 56 heavy (non-hydrogen) atoms. The fourth-order valence-corrected chi connectivity index (χ4v) is 8.25. The van der Waals surface area contributed by atoms with Gasteiger partial charge in [0.25, 0.3) is 0 Å². The monoisotopic (exact) mass is 715 g/mol. The zero-order valence-corrected chi connectivity index (χ0v) is 30.3. The number of nitrogens with zero attached hydrogens (tertiary/aromatic N) is 5. The van der Waals surface area contributed by atoms with E-state index in [2.05, 4.69) is 161 Å². The van der Waals surface area contributed by atoms with Gasteiger partial charge >= 0.3 is 0 Å². The molecular formula is C51H33N5. The highest BCUT2D eigenvalue weighted by molar-refractivity contribution is 6.15. The maximum absolute atomic E-state index is 5.12. The molecule has 0 fully saturated rings. The predicted octanol–water partition coefficient (Wildman–Crippen LogP) is 12.7. The fraction of sp³-hybridized carbons (Fsp3) is 0. The second kappa shape index (κ2) is 13.0. The van der Waals surface area contributed by atoms with Gasteiger partial charge in [0.2, 0.25) is 0 Å². The molecule has 0 amide bonds. The van der Waals surface area contributed by atoms with Crippen molar-refractivity contribution in [3.05, 3.63) is 200 Å². The Bertz CT molecular complexity index is 3180. The summed E-state index contributed by atoms with van der Waals surface area (Å²) in [6.45, 7) is 0. The Hall–Kier alpha value is -7.63. The Balaban J connectivity index is 1.09. The third kappa shape index (κ3) is 5.21. The van der Waals surface area contributed by atoms with Crippen LogP contribution in [0.5, 0.6) is 0 Å². The molecule has 0 spiro atoms. The van der Waals surface area contributed by atoms with Crippen LogP contribution in [0.15, 0.2) is 200 Å². The number of hydrogen-bond acceptors (Lipinski definition) is 3. The zero-order valence-electron chi connectivity index (χ0n) is 30.3. The van der Waals surface area contributed by atoms with Gasteiger partial charge in [-0.15, -0.1) is 0 Å². The van der Waals surface area contributed by atoms with Crippen LogP contribution in [0.25, 0.3) is 100 Å². The number of rotatable bonds is 6. The molecule has 0 bridgehead atoms.